The summed E-state index contributed by atoms with van der Waals surface area (Å²) in [5.41, 5.74) is 6.93. The van der Waals surface area contributed by atoms with Crippen LogP contribution >= 0.6 is 0 Å². The molecule has 0 spiro atoms. The van der Waals surface area contributed by atoms with Crippen molar-refractivity contribution in [1.82, 2.24) is 4.90 Å². The Hall–Kier alpha value is -2.45. The molecule has 1 aliphatic heterocycles. The molecule has 0 aromatic heterocycles. The summed E-state index contributed by atoms with van der Waals surface area (Å²) in [7, 11) is 0. The highest BCUT2D eigenvalue weighted by atomic mass is 16.5. The van der Waals surface area contributed by atoms with E-state index in [0.29, 0.717) is 31.3 Å². The standard InChI is InChI=1S/C21H30N4O4/c1-14(2)12-25(16-4-3-5-16)19(20(22)27)21(28)23-15-6-8-17(9-7-15)24-10-11-29-13-18(24)26/h6-9,14,16,19H,3-5,10-13H2,1-2H3,(H2,22,27)(H,23,28)/t19-/m1/s1. The summed E-state index contributed by atoms with van der Waals surface area (Å²) in [5, 5.41) is 2.81. The number of morpholine rings is 1. The molecule has 3 rings (SSSR count). The molecule has 2 aliphatic rings. The van der Waals surface area contributed by atoms with Crippen molar-refractivity contribution >= 4 is 29.1 Å². The van der Waals surface area contributed by atoms with E-state index in [2.05, 4.69) is 19.2 Å². The van der Waals surface area contributed by atoms with Crippen LogP contribution in [0.1, 0.15) is 33.1 Å². The van der Waals surface area contributed by atoms with Crippen LogP contribution in [-0.4, -0.2) is 61.0 Å². The van der Waals surface area contributed by atoms with E-state index in [9.17, 15) is 14.4 Å². The minimum absolute atomic E-state index is 0.0750. The van der Waals surface area contributed by atoms with Crippen LogP contribution in [0.3, 0.4) is 0 Å². The number of amides is 3. The number of nitrogens with zero attached hydrogens (tertiary/aromatic N) is 2. The molecule has 29 heavy (non-hydrogen) atoms. The zero-order chi connectivity index (χ0) is 21.0. The Morgan fingerprint density at radius 2 is 1.97 bits per heavy atom. The van der Waals surface area contributed by atoms with Crippen molar-refractivity contribution in [2.45, 2.75) is 45.2 Å². The number of benzene rings is 1. The number of rotatable bonds is 8. The summed E-state index contributed by atoms with van der Waals surface area (Å²) in [6, 6.07) is 6.22. The summed E-state index contributed by atoms with van der Waals surface area (Å²) >= 11 is 0. The van der Waals surface area contributed by atoms with Crippen LogP contribution in [0.4, 0.5) is 11.4 Å². The van der Waals surface area contributed by atoms with Gasteiger partial charge < -0.3 is 20.7 Å². The zero-order valence-corrected chi connectivity index (χ0v) is 17.1. The van der Waals surface area contributed by atoms with Gasteiger partial charge in [0, 0.05) is 30.5 Å². The van der Waals surface area contributed by atoms with E-state index in [-0.39, 0.29) is 18.6 Å². The Kier molecular flexibility index (Phi) is 6.87. The molecule has 3 N–H and O–H groups in total. The fourth-order valence-corrected chi connectivity index (χ4v) is 3.77. The first-order valence-corrected chi connectivity index (χ1v) is 10.2. The number of hydrogen-bond acceptors (Lipinski definition) is 5. The average Bonchev–Trinajstić information content (AvgIpc) is 2.61. The molecule has 2 fully saturated rings. The number of primary amides is 1. The maximum Gasteiger partial charge on any atom is 0.253 e. The molecule has 0 bridgehead atoms. The van der Waals surface area contributed by atoms with Crippen molar-refractivity contribution in [3.05, 3.63) is 24.3 Å². The lowest BCUT2D eigenvalue weighted by Crippen LogP contribution is -2.58. The molecule has 158 valence electrons. The fourth-order valence-electron chi connectivity index (χ4n) is 3.77. The number of nitrogens with one attached hydrogen (secondary N) is 1. The first kappa shape index (κ1) is 21.3. The third-order valence-corrected chi connectivity index (χ3v) is 5.40. The predicted molar refractivity (Wildman–Crippen MR) is 110 cm³/mol. The Morgan fingerprint density at radius 1 is 1.28 bits per heavy atom. The summed E-state index contributed by atoms with van der Waals surface area (Å²) in [6.45, 7) is 5.84. The maximum atomic E-state index is 12.9. The van der Waals surface area contributed by atoms with Crippen molar-refractivity contribution in [3.63, 3.8) is 0 Å². The van der Waals surface area contributed by atoms with Crippen LogP contribution in [0.2, 0.25) is 0 Å². The molecular weight excluding hydrogens is 372 g/mol. The van der Waals surface area contributed by atoms with E-state index in [4.69, 9.17) is 10.5 Å². The van der Waals surface area contributed by atoms with Crippen molar-refractivity contribution in [2.24, 2.45) is 11.7 Å². The van der Waals surface area contributed by atoms with Crippen LogP contribution in [0.15, 0.2) is 24.3 Å². The molecule has 1 aromatic carbocycles. The van der Waals surface area contributed by atoms with E-state index in [1.807, 2.05) is 4.90 Å². The van der Waals surface area contributed by atoms with Crippen LogP contribution < -0.4 is 16.0 Å². The number of hydrogen-bond donors (Lipinski definition) is 2. The van der Waals surface area contributed by atoms with Gasteiger partial charge in [-0.05, 0) is 43.0 Å². The molecular formula is C21H30N4O4. The van der Waals surface area contributed by atoms with Crippen molar-refractivity contribution < 1.29 is 19.1 Å². The van der Waals surface area contributed by atoms with E-state index in [1.54, 1.807) is 29.2 Å². The number of anilines is 2. The van der Waals surface area contributed by atoms with Crippen molar-refractivity contribution in [3.8, 4) is 0 Å². The average molecular weight is 402 g/mol. The predicted octanol–water partition coefficient (Wildman–Crippen LogP) is 1.35. The molecule has 0 unspecified atom stereocenters. The topological polar surface area (TPSA) is 105 Å². The zero-order valence-electron chi connectivity index (χ0n) is 17.1. The normalized spacial score (nSPS) is 18.6. The van der Waals surface area contributed by atoms with Gasteiger partial charge in [-0.15, -0.1) is 0 Å². The number of carbonyl (C=O) groups excluding carboxylic acids is 3. The number of nitrogens with two attached hydrogens (primary N) is 1. The summed E-state index contributed by atoms with van der Waals surface area (Å²) in [6.07, 6.45) is 3.06. The highest BCUT2D eigenvalue weighted by Crippen LogP contribution is 2.28. The lowest BCUT2D eigenvalue weighted by Gasteiger charge is -2.41. The molecule has 3 amide bonds. The Morgan fingerprint density at radius 3 is 2.48 bits per heavy atom. The maximum absolute atomic E-state index is 12.9. The monoisotopic (exact) mass is 402 g/mol. The quantitative estimate of drug-likeness (QED) is 0.639. The Bertz CT molecular complexity index is 746. The van der Waals surface area contributed by atoms with Gasteiger partial charge in [-0.2, -0.15) is 0 Å². The first-order chi connectivity index (χ1) is 13.9. The molecule has 1 atom stereocenters. The van der Waals surface area contributed by atoms with Gasteiger partial charge in [0.05, 0.1) is 6.61 Å². The smallest absolute Gasteiger partial charge is 0.253 e. The third kappa shape index (κ3) is 5.13. The van der Waals surface area contributed by atoms with Gasteiger partial charge in [0.2, 0.25) is 5.91 Å². The molecule has 8 heteroatoms. The lowest BCUT2D eigenvalue weighted by atomic mass is 9.89. The molecule has 1 heterocycles. The molecule has 8 nitrogen and oxygen atoms in total. The number of ether oxygens (including phenoxy) is 1. The summed E-state index contributed by atoms with van der Waals surface area (Å²) in [4.78, 5) is 40.6. The Balaban J connectivity index is 1.70. The van der Waals surface area contributed by atoms with Crippen LogP contribution in [0.5, 0.6) is 0 Å². The van der Waals surface area contributed by atoms with Gasteiger partial charge in [0.25, 0.3) is 11.8 Å². The number of carbonyl (C=O) groups is 3. The minimum atomic E-state index is -0.997. The summed E-state index contributed by atoms with van der Waals surface area (Å²) < 4.78 is 5.14. The van der Waals surface area contributed by atoms with Crippen molar-refractivity contribution in [1.29, 1.82) is 0 Å². The second kappa shape index (κ2) is 9.37. The van der Waals surface area contributed by atoms with Gasteiger partial charge in [-0.25, -0.2) is 0 Å². The van der Waals surface area contributed by atoms with E-state index < -0.39 is 17.9 Å². The van der Waals surface area contributed by atoms with E-state index in [1.165, 1.54) is 0 Å². The van der Waals surface area contributed by atoms with Gasteiger partial charge in [-0.3, -0.25) is 19.3 Å². The highest BCUT2D eigenvalue weighted by Gasteiger charge is 2.38. The van der Waals surface area contributed by atoms with Gasteiger partial charge >= 0.3 is 0 Å². The van der Waals surface area contributed by atoms with Gasteiger partial charge in [0.1, 0.15) is 6.61 Å². The molecule has 1 saturated heterocycles. The summed E-state index contributed by atoms with van der Waals surface area (Å²) in [5.74, 6) is -0.826. The molecule has 1 aliphatic carbocycles. The minimum Gasteiger partial charge on any atom is -0.370 e. The van der Waals surface area contributed by atoms with Crippen LogP contribution in [0.25, 0.3) is 0 Å². The Labute approximate surface area is 171 Å². The first-order valence-electron chi connectivity index (χ1n) is 10.2. The largest absolute Gasteiger partial charge is 0.370 e. The molecule has 1 saturated carbocycles. The second-order valence-electron chi connectivity index (χ2n) is 8.11. The van der Waals surface area contributed by atoms with Crippen LogP contribution in [0, 0.1) is 5.92 Å². The lowest BCUT2D eigenvalue weighted by molar-refractivity contribution is -0.135. The van der Waals surface area contributed by atoms with Gasteiger partial charge in [-0.1, -0.05) is 20.3 Å². The van der Waals surface area contributed by atoms with E-state index in [0.717, 1.165) is 24.9 Å². The van der Waals surface area contributed by atoms with E-state index >= 15 is 0 Å². The molecule has 1 aromatic rings. The second-order valence-corrected chi connectivity index (χ2v) is 8.11. The fraction of sp³-hybridized carbons (Fsp3) is 0.571. The van der Waals surface area contributed by atoms with Crippen molar-refractivity contribution in [2.75, 3.05) is 36.5 Å². The third-order valence-electron chi connectivity index (χ3n) is 5.40. The van der Waals surface area contributed by atoms with Crippen LogP contribution in [-0.2, 0) is 19.1 Å². The SMILES string of the molecule is CC(C)CN(C1CCC1)[C@H](C(N)=O)C(=O)Nc1ccc(N2CCOCC2=O)cc1. The highest BCUT2D eigenvalue weighted by molar-refractivity contribution is 6.09. The molecule has 0 radical (unpaired) electrons. The van der Waals surface area contributed by atoms with Gasteiger partial charge in [0.15, 0.2) is 6.04 Å².